The Labute approximate surface area is 205 Å². The van der Waals surface area contributed by atoms with Gasteiger partial charge in [-0.3, -0.25) is 9.59 Å². The summed E-state index contributed by atoms with van der Waals surface area (Å²) in [6, 6.07) is 16.7. The number of nitrogens with zero attached hydrogens (tertiary/aromatic N) is 6. The molecule has 0 aliphatic heterocycles. The Bertz CT molecular complexity index is 1390. The Morgan fingerprint density at radius 3 is 2.56 bits per heavy atom. The number of nitrogens with one attached hydrogen (secondary N) is 2. The molecule has 0 saturated heterocycles. The molecule has 0 aliphatic carbocycles. The molecule has 2 amide bonds. The van der Waals surface area contributed by atoms with Crippen molar-refractivity contribution in [2.75, 3.05) is 11.1 Å². The number of benzene rings is 2. The molecule has 0 aliphatic rings. The van der Waals surface area contributed by atoms with E-state index >= 15 is 0 Å². The van der Waals surface area contributed by atoms with Crippen LogP contribution in [0.3, 0.4) is 0 Å². The number of primary amides is 1. The van der Waals surface area contributed by atoms with E-state index in [1.807, 2.05) is 37.3 Å². The summed E-state index contributed by atoms with van der Waals surface area (Å²) < 4.78 is 5.89. The van der Waals surface area contributed by atoms with E-state index in [1.165, 1.54) is 10.2 Å². The van der Waals surface area contributed by atoms with Crippen molar-refractivity contribution >= 4 is 29.0 Å². The lowest BCUT2D eigenvalue weighted by molar-refractivity contribution is 0.0947. The third-order valence-electron chi connectivity index (χ3n) is 5.28. The molecule has 13 heteroatoms. The Hall–Kier alpha value is -5.07. The van der Waals surface area contributed by atoms with Crippen LogP contribution in [0, 0.1) is 0 Å². The highest BCUT2D eigenvalue weighted by Gasteiger charge is 2.24. The van der Waals surface area contributed by atoms with Crippen molar-refractivity contribution < 1.29 is 14.2 Å². The van der Waals surface area contributed by atoms with E-state index in [1.54, 1.807) is 24.3 Å². The third kappa shape index (κ3) is 5.52. The van der Waals surface area contributed by atoms with E-state index in [0.29, 0.717) is 12.1 Å². The van der Waals surface area contributed by atoms with Crippen molar-refractivity contribution in [3.8, 4) is 5.82 Å². The van der Waals surface area contributed by atoms with E-state index < -0.39 is 11.8 Å². The van der Waals surface area contributed by atoms with E-state index in [4.69, 9.17) is 11.5 Å². The van der Waals surface area contributed by atoms with E-state index in [-0.39, 0.29) is 35.1 Å². The molecule has 2 heterocycles. The Balaban J connectivity index is 1.54. The van der Waals surface area contributed by atoms with Crippen LogP contribution in [0.5, 0.6) is 0 Å². The number of rotatable bonds is 10. The smallest absolute Gasteiger partial charge is 0.293 e. The first-order valence-corrected chi connectivity index (χ1v) is 11.0. The summed E-state index contributed by atoms with van der Waals surface area (Å²) in [5, 5.41) is 22.5. The van der Waals surface area contributed by atoms with Gasteiger partial charge in [0.25, 0.3) is 11.8 Å². The van der Waals surface area contributed by atoms with E-state index in [2.05, 4.69) is 41.1 Å². The van der Waals surface area contributed by atoms with Crippen molar-refractivity contribution in [2.45, 2.75) is 26.3 Å². The average Bonchev–Trinajstić information content (AvgIpc) is 3.51. The van der Waals surface area contributed by atoms with Crippen LogP contribution >= 0.6 is 0 Å². The summed E-state index contributed by atoms with van der Waals surface area (Å²) in [6.45, 7) is 1.84. The summed E-state index contributed by atoms with van der Waals surface area (Å²) in [4.78, 5) is 24.7. The topological polar surface area (TPSA) is 192 Å². The molecule has 0 bridgehead atoms. The molecule has 6 N–H and O–H groups in total. The minimum atomic E-state index is -0.604. The zero-order valence-corrected chi connectivity index (χ0v) is 19.4. The Kier molecular flexibility index (Phi) is 7.29. The molecular weight excluding hydrogens is 464 g/mol. The van der Waals surface area contributed by atoms with Crippen LogP contribution in [0.2, 0.25) is 0 Å². The van der Waals surface area contributed by atoms with Gasteiger partial charge in [-0.25, -0.2) is 10.1 Å². The largest absolute Gasteiger partial charge is 0.379 e. The first kappa shape index (κ1) is 24.1. The predicted octanol–water partition coefficient (Wildman–Crippen LogP) is 1.68. The maximum atomic E-state index is 13.0. The molecule has 0 fully saturated rings. The van der Waals surface area contributed by atoms with Gasteiger partial charge in [0, 0.05) is 11.4 Å². The van der Waals surface area contributed by atoms with Gasteiger partial charge in [0.1, 0.15) is 0 Å². The molecule has 0 spiro atoms. The molecule has 4 rings (SSSR count). The number of anilines is 2. The van der Waals surface area contributed by atoms with Gasteiger partial charge in [0.15, 0.2) is 5.69 Å². The van der Waals surface area contributed by atoms with Crippen LogP contribution in [0.4, 0.5) is 11.5 Å². The maximum absolute atomic E-state index is 13.0. The Morgan fingerprint density at radius 1 is 1.08 bits per heavy atom. The quantitative estimate of drug-likeness (QED) is 0.190. The number of nitrogens with two attached hydrogens (primary N) is 2. The lowest BCUT2D eigenvalue weighted by atomic mass is 10.1. The molecule has 4 aromatic rings. The van der Waals surface area contributed by atoms with Crippen LogP contribution in [0.1, 0.15) is 45.4 Å². The normalized spacial score (nSPS) is 11.3. The van der Waals surface area contributed by atoms with Gasteiger partial charge in [0.05, 0.1) is 17.8 Å². The van der Waals surface area contributed by atoms with Crippen LogP contribution < -0.4 is 22.2 Å². The number of carbonyl (C=O) groups is 2. The molecule has 0 radical (unpaired) electrons. The Morgan fingerprint density at radius 2 is 1.83 bits per heavy atom. The van der Waals surface area contributed by atoms with Gasteiger partial charge in [-0.05, 0) is 47.8 Å². The fourth-order valence-electron chi connectivity index (χ4n) is 3.40. The molecule has 0 saturated carbocycles. The zero-order valence-electron chi connectivity index (χ0n) is 19.4. The maximum Gasteiger partial charge on any atom is 0.293 e. The number of carbonyl (C=O) groups excluding carboxylic acids is 2. The van der Waals surface area contributed by atoms with E-state index in [0.717, 1.165) is 12.1 Å². The lowest BCUT2D eigenvalue weighted by Gasteiger charge is -2.11. The first-order valence-electron chi connectivity index (χ1n) is 11.0. The predicted molar refractivity (Wildman–Crippen MR) is 131 cm³/mol. The van der Waals surface area contributed by atoms with Gasteiger partial charge in [0.2, 0.25) is 11.6 Å². The second-order valence-electron chi connectivity index (χ2n) is 7.81. The molecule has 0 atom stereocenters. The molecule has 184 valence electrons. The summed E-state index contributed by atoms with van der Waals surface area (Å²) in [5.74, 6) is -1.17. The number of aryl methyl sites for hydroxylation is 1. The highest BCUT2D eigenvalue weighted by molar-refractivity contribution is 5.98. The molecule has 2 aromatic heterocycles. The molecule has 36 heavy (non-hydrogen) atoms. The number of hydrogen-bond donors (Lipinski definition) is 4. The summed E-state index contributed by atoms with van der Waals surface area (Å²) >= 11 is 0. The first-order chi connectivity index (χ1) is 17.4. The number of hydrazone groups is 1. The lowest BCUT2D eigenvalue weighted by Crippen LogP contribution is -2.23. The van der Waals surface area contributed by atoms with Gasteiger partial charge in [-0.2, -0.15) is 9.78 Å². The molecule has 13 nitrogen and oxygen atoms in total. The minimum Gasteiger partial charge on any atom is -0.379 e. The second kappa shape index (κ2) is 10.9. The van der Waals surface area contributed by atoms with Crippen LogP contribution in [0.15, 0.2) is 64.3 Å². The molecule has 0 unspecified atom stereocenters. The average molecular weight is 489 g/mol. The third-order valence-corrected chi connectivity index (χ3v) is 5.28. The van der Waals surface area contributed by atoms with Crippen molar-refractivity contribution in [1.82, 2.24) is 30.7 Å². The monoisotopic (exact) mass is 488 g/mol. The number of para-hydroxylation sites is 1. The SMILES string of the molecule is C/C(CCc1ccccc1)=N/NC(=O)c1nnn(-c2nonc2N)c1CNc1ccccc1C(N)=O. The number of aromatic nitrogens is 5. The van der Waals surface area contributed by atoms with Gasteiger partial charge in [-0.1, -0.05) is 47.7 Å². The number of amides is 2. The van der Waals surface area contributed by atoms with Crippen molar-refractivity contribution in [3.63, 3.8) is 0 Å². The fourth-order valence-corrected chi connectivity index (χ4v) is 3.40. The van der Waals surface area contributed by atoms with E-state index in [9.17, 15) is 9.59 Å². The number of nitrogen functional groups attached to an aromatic ring is 1. The zero-order chi connectivity index (χ0) is 25.5. The molecule has 2 aromatic carbocycles. The summed E-state index contributed by atoms with van der Waals surface area (Å²) in [7, 11) is 0. The van der Waals surface area contributed by atoms with Crippen molar-refractivity contribution in [3.05, 3.63) is 77.1 Å². The minimum absolute atomic E-state index is 0.0169. The van der Waals surface area contributed by atoms with Crippen molar-refractivity contribution in [2.24, 2.45) is 10.8 Å². The summed E-state index contributed by atoms with van der Waals surface area (Å²) in [5.41, 5.74) is 16.7. The standard InChI is InChI=1S/C23H24N10O3/c1-14(11-12-15-7-3-2-4-8-15)27-29-23(35)19-18(33(32-28-19)22-20(24)30-36-31-22)13-26-17-10-6-5-9-16(17)21(25)34/h2-10,26H,11-13H2,1H3,(H2,24,30)(H2,25,34)(H,29,35)/b27-14-. The number of hydrogen-bond acceptors (Lipinski definition) is 10. The fraction of sp³-hybridized carbons (Fsp3) is 0.174. The van der Waals surface area contributed by atoms with Crippen LogP contribution in [-0.4, -0.2) is 42.8 Å². The van der Waals surface area contributed by atoms with Gasteiger partial charge in [-0.15, -0.1) is 5.10 Å². The molecular formula is C23H24N10O3. The highest BCUT2D eigenvalue weighted by Crippen LogP contribution is 2.19. The highest BCUT2D eigenvalue weighted by atomic mass is 16.6. The van der Waals surface area contributed by atoms with Crippen LogP contribution in [-0.2, 0) is 13.0 Å². The van der Waals surface area contributed by atoms with Gasteiger partial charge < -0.3 is 16.8 Å². The van der Waals surface area contributed by atoms with Crippen LogP contribution in [0.25, 0.3) is 5.82 Å². The second-order valence-corrected chi connectivity index (χ2v) is 7.81. The summed E-state index contributed by atoms with van der Waals surface area (Å²) in [6.07, 6.45) is 1.45. The van der Waals surface area contributed by atoms with Crippen molar-refractivity contribution in [1.29, 1.82) is 0 Å². The van der Waals surface area contributed by atoms with Gasteiger partial charge >= 0.3 is 0 Å².